The molecule has 24 heavy (non-hydrogen) atoms. The first kappa shape index (κ1) is 16.6. The van der Waals surface area contributed by atoms with Crippen molar-refractivity contribution in [1.82, 2.24) is 4.90 Å². The van der Waals surface area contributed by atoms with Gasteiger partial charge in [-0.1, -0.05) is 18.2 Å². The molecule has 1 aliphatic rings. The van der Waals surface area contributed by atoms with Gasteiger partial charge in [-0.3, -0.25) is 0 Å². The number of thiocarbonyl (C=S) groups is 1. The Morgan fingerprint density at radius 1 is 1.08 bits per heavy atom. The van der Waals surface area contributed by atoms with Crippen LogP contribution in [-0.4, -0.2) is 30.8 Å². The molecule has 1 heterocycles. The topological polar surface area (TPSA) is 33.7 Å². The summed E-state index contributed by atoms with van der Waals surface area (Å²) >= 11 is 5.61. The minimum atomic E-state index is 0.754. The first-order valence-corrected chi connectivity index (χ1v) is 8.38. The number of fused-ring (bicyclic) bond motifs is 1. The molecule has 0 saturated carbocycles. The number of methoxy groups -OCH3 is 2. The highest BCUT2D eigenvalue weighted by atomic mass is 32.1. The minimum Gasteiger partial charge on any atom is -0.493 e. The highest BCUT2D eigenvalue weighted by Gasteiger charge is 2.21. The summed E-state index contributed by atoms with van der Waals surface area (Å²) in [5.74, 6) is 1.54. The fraction of sp³-hybridized carbons (Fsp3) is 0.316. The number of hydrogen-bond donors (Lipinski definition) is 1. The van der Waals surface area contributed by atoms with Crippen LogP contribution < -0.4 is 14.8 Å². The number of hydrogen-bond acceptors (Lipinski definition) is 3. The molecule has 0 bridgehead atoms. The largest absolute Gasteiger partial charge is 0.493 e. The predicted molar refractivity (Wildman–Crippen MR) is 101 cm³/mol. The van der Waals surface area contributed by atoms with Crippen LogP contribution in [0.3, 0.4) is 0 Å². The maximum Gasteiger partial charge on any atom is 0.173 e. The van der Waals surface area contributed by atoms with Crippen LogP contribution in [0.2, 0.25) is 0 Å². The predicted octanol–water partition coefficient (Wildman–Crippen LogP) is 3.77. The lowest BCUT2D eigenvalue weighted by Gasteiger charge is -2.32. The van der Waals surface area contributed by atoms with Crippen LogP contribution in [0.5, 0.6) is 11.5 Å². The minimum absolute atomic E-state index is 0.754. The Bertz CT molecular complexity index is 761. The van der Waals surface area contributed by atoms with E-state index in [0.29, 0.717) is 0 Å². The molecule has 0 aromatic heterocycles. The molecule has 3 rings (SSSR count). The zero-order valence-corrected chi connectivity index (χ0v) is 15.1. The monoisotopic (exact) mass is 342 g/mol. The highest BCUT2D eigenvalue weighted by molar-refractivity contribution is 7.80. The Balaban J connectivity index is 1.77. The van der Waals surface area contributed by atoms with E-state index in [2.05, 4.69) is 35.3 Å². The van der Waals surface area contributed by atoms with Gasteiger partial charge in [0, 0.05) is 18.8 Å². The summed E-state index contributed by atoms with van der Waals surface area (Å²) in [6.07, 6.45) is 0.936. The first-order chi connectivity index (χ1) is 11.6. The van der Waals surface area contributed by atoms with Gasteiger partial charge in [-0.2, -0.15) is 0 Å². The number of ether oxygens (including phenoxy) is 2. The van der Waals surface area contributed by atoms with Crippen molar-refractivity contribution in [3.05, 3.63) is 53.1 Å². The van der Waals surface area contributed by atoms with Crippen molar-refractivity contribution in [3.63, 3.8) is 0 Å². The zero-order chi connectivity index (χ0) is 17.1. The summed E-state index contributed by atoms with van der Waals surface area (Å²) in [7, 11) is 3.33. The lowest BCUT2D eigenvalue weighted by molar-refractivity contribution is 0.348. The van der Waals surface area contributed by atoms with Crippen molar-refractivity contribution in [2.24, 2.45) is 0 Å². The van der Waals surface area contributed by atoms with E-state index < -0.39 is 0 Å². The Morgan fingerprint density at radius 3 is 2.42 bits per heavy atom. The van der Waals surface area contributed by atoms with Crippen LogP contribution in [-0.2, 0) is 13.0 Å². The standard InChI is InChI=1S/C19H22N2O2S/c1-13-6-4-5-7-16(13)20-19(24)21-9-8-14-10-17(22-2)18(23-3)11-15(14)12-21/h4-7,10-11H,8-9,12H2,1-3H3,(H,20,24). The fourth-order valence-corrected chi connectivity index (χ4v) is 3.23. The average molecular weight is 342 g/mol. The summed E-state index contributed by atoms with van der Waals surface area (Å²) < 4.78 is 10.8. The third-order valence-electron chi connectivity index (χ3n) is 4.39. The normalized spacial score (nSPS) is 13.2. The van der Waals surface area contributed by atoms with Gasteiger partial charge in [0.2, 0.25) is 0 Å². The molecule has 2 aromatic rings. The molecule has 0 unspecified atom stereocenters. The van der Waals surface area contributed by atoms with Crippen LogP contribution >= 0.6 is 12.2 Å². The second-order valence-corrected chi connectivity index (χ2v) is 6.28. The molecule has 1 N–H and O–H groups in total. The molecule has 0 amide bonds. The summed E-state index contributed by atoms with van der Waals surface area (Å²) in [6.45, 7) is 3.74. The maximum absolute atomic E-state index is 5.61. The van der Waals surface area contributed by atoms with E-state index in [9.17, 15) is 0 Å². The maximum atomic E-state index is 5.61. The van der Waals surface area contributed by atoms with E-state index in [1.54, 1.807) is 14.2 Å². The SMILES string of the molecule is COc1cc2c(cc1OC)CN(C(=S)Nc1ccccc1C)CC2. The second-order valence-electron chi connectivity index (χ2n) is 5.89. The quantitative estimate of drug-likeness (QED) is 0.859. The average Bonchev–Trinajstić information content (AvgIpc) is 2.61. The molecule has 0 aliphatic carbocycles. The third-order valence-corrected chi connectivity index (χ3v) is 4.75. The summed E-state index contributed by atoms with van der Waals surface area (Å²) in [5, 5.41) is 4.12. The van der Waals surface area contributed by atoms with Gasteiger partial charge in [0.25, 0.3) is 0 Å². The number of para-hydroxylation sites is 1. The van der Waals surface area contributed by atoms with Crippen molar-refractivity contribution >= 4 is 23.0 Å². The Labute approximate surface area is 148 Å². The van der Waals surface area contributed by atoms with Gasteiger partial charge >= 0.3 is 0 Å². The van der Waals surface area contributed by atoms with E-state index in [1.165, 1.54) is 16.7 Å². The summed E-state index contributed by atoms with van der Waals surface area (Å²) in [5.41, 5.74) is 4.76. The number of nitrogens with one attached hydrogen (secondary N) is 1. The van der Waals surface area contributed by atoms with E-state index in [4.69, 9.17) is 21.7 Å². The number of nitrogens with zero attached hydrogens (tertiary/aromatic N) is 1. The Hall–Kier alpha value is -2.27. The third kappa shape index (κ3) is 3.31. The number of rotatable bonds is 3. The molecule has 1 aliphatic heterocycles. The molecule has 0 atom stereocenters. The number of anilines is 1. The Morgan fingerprint density at radius 2 is 1.75 bits per heavy atom. The van der Waals surface area contributed by atoms with Crippen LogP contribution in [0.4, 0.5) is 5.69 Å². The van der Waals surface area contributed by atoms with Crippen LogP contribution in [0.15, 0.2) is 36.4 Å². The molecular formula is C19H22N2O2S. The van der Waals surface area contributed by atoms with Crippen molar-refractivity contribution in [1.29, 1.82) is 0 Å². The van der Waals surface area contributed by atoms with Gasteiger partial charge in [-0.15, -0.1) is 0 Å². The van der Waals surface area contributed by atoms with Crippen LogP contribution in [0.1, 0.15) is 16.7 Å². The lowest BCUT2D eigenvalue weighted by Crippen LogP contribution is -2.38. The molecule has 126 valence electrons. The molecule has 2 aromatic carbocycles. The summed E-state index contributed by atoms with van der Waals surface area (Å²) in [4.78, 5) is 2.19. The van der Waals surface area contributed by atoms with Gasteiger partial charge in [0.15, 0.2) is 16.6 Å². The molecule has 0 saturated heterocycles. The summed E-state index contributed by atoms with van der Waals surface area (Å²) in [6, 6.07) is 12.3. The first-order valence-electron chi connectivity index (χ1n) is 7.97. The number of aryl methyl sites for hydroxylation is 1. The van der Waals surface area contributed by atoms with Crippen molar-refractivity contribution in [2.45, 2.75) is 19.9 Å². The smallest absolute Gasteiger partial charge is 0.173 e. The molecule has 5 heteroatoms. The highest BCUT2D eigenvalue weighted by Crippen LogP contribution is 2.33. The van der Waals surface area contributed by atoms with Gasteiger partial charge in [0.05, 0.1) is 14.2 Å². The van der Waals surface area contributed by atoms with Crippen molar-refractivity contribution < 1.29 is 9.47 Å². The van der Waals surface area contributed by atoms with Gasteiger partial charge in [-0.05, 0) is 60.5 Å². The Kier molecular flexibility index (Phi) is 4.90. The lowest BCUT2D eigenvalue weighted by atomic mass is 9.99. The van der Waals surface area contributed by atoms with Gasteiger partial charge in [0.1, 0.15) is 0 Å². The molecular weight excluding hydrogens is 320 g/mol. The van der Waals surface area contributed by atoms with Crippen LogP contribution in [0.25, 0.3) is 0 Å². The molecule has 4 nitrogen and oxygen atoms in total. The van der Waals surface area contributed by atoms with Crippen molar-refractivity contribution in [2.75, 3.05) is 26.1 Å². The second kappa shape index (κ2) is 7.09. The molecule has 0 fully saturated rings. The van der Waals surface area contributed by atoms with Crippen LogP contribution in [0, 0.1) is 6.92 Å². The van der Waals surface area contributed by atoms with Crippen molar-refractivity contribution in [3.8, 4) is 11.5 Å². The van der Waals surface area contributed by atoms with E-state index >= 15 is 0 Å². The zero-order valence-electron chi connectivity index (χ0n) is 14.3. The molecule has 0 radical (unpaired) electrons. The fourth-order valence-electron chi connectivity index (χ4n) is 2.96. The molecule has 0 spiro atoms. The van der Waals surface area contributed by atoms with Gasteiger partial charge < -0.3 is 19.7 Å². The van der Waals surface area contributed by atoms with E-state index in [1.807, 2.05) is 18.2 Å². The number of benzene rings is 2. The van der Waals surface area contributed by atoms with Gasteiger partial charge in [-0.25, -0.2) is 0 Å². The van der Waals surface area contributed by atoms with E-state index in [-0.39, 0.29) is 0 Å². The van der Waals surface area contributed by atoms with E-state index in [0.717, 1.165) is 41.8 Å².